The van der Waals surface area contributed by atoms with Crippen LogP contribution in [0.5, 0.6) is 0 Å². The van der Waals surface area contributed by atoms with E-state index in [1.54, 1.807) is 7.05 Å². The molecule has 24 heavy (non-hydrogen) atoms. The van der Waals surface area contributed by atoms with Gasteiger partial charge in [0.2, 0.25) is 0 Å². The summed E-state index contributed by atoms with van der Waals surface area (Å²) in [4.78, 5) is 4.35. The maximum Gasteiger partial charge on any atom is 0.191 e. The van der Waals surface area contributed by atoms with Gasteiger partial charge in [0.1, 0.15) is 0 Å². The van der Waals surface area contributed by atoms with E-state index in [1.165, 1.54) is 19.3 Å². The quantitative estimate of drug-likeness (QED) is 0.618. The standard InChI is InChI=1S/C18H30N4O2/c1-5-23-16-10-15(18(16)7-6-8-18)21-17(19-4)20-11-13-9-14(12(2)3)22-24-13/h9,12,15-16H,5-8,10-11H2,1-4H3,(H2,19,20,21). The van der Waals surface area contributed by atoms with Crippen LogP contribution in [0.15, 0.2) is 15.6 Å². The molecule has 2 N–H and O–H groups in total. The SMILES string of the molecule is CCOC1CC(NC(=NC)NCc2cc(C(C)C)no2)C12CCC2. The zero-order valence-corrected chi connectivity index (χ0v) is 15.3. The molecule has 0 bridgehead atoms. The van der Waals surface area contributed by atoms with Crippen molar-refractivity contribution in [3.63, 3.8) is 0 Å². The van der Waals surface area contributed by atoms with Gasteiger partial charge in [0.15, 0.2) is 11.7 Å². The molecule has 0 aromatic carbocycles. The van der Waals surface area contributed by atoms with E-state index >= 15 is 0 Å². The van der Waals surface area contributed by atoms with Crippen molar-refractivity contribution in [3.05, 3.63) is 17.5 Å². The van der Waals surface area contributed by atoms with Crippen molar-refractivity contribution in [2.24, 2.45) is 10.4 Å². The first-order valence-corrected chi connectivity index (χ1v) is 9.13. The Hall–Kier alpha value is -1.56. The molecular weight excluding hydrogens is 304 g/mol. The lowest BCUT2D eigenvalue weighted by molar-refractivity contribution is -0.168. The molecule has 0 aliphatic heterocycles. The third-order valence-electron chi connectivity index (χ3n) is 5.57. The van der Waals surface area contributed by atoms with Gasteiger partial charge >= 0.3 is 0 Å². The van der Waals surface area contributed by atoms with Gasteiger partial charge in [0, 0.05) is 31.2 Å². The lowest BCUT2D eigenvalue weighted by Crippen LogP contribution is -2.68. The number of guanidine groups is 1. The van der Waals surface area contributed by atoms with Crippen molar-refractivity contribution in [2.75, 3.05) is 13.7 Å². The maximum atomic E-state index is 5.91. The molecule has 2 aliphatic carbocycles. The second-order valence-electron chi connectivity index (χ2n) is 7.26. The Morgan fingerprint density at radius 2 is 2.29 bits per heavy atom. The number of ether oxygens (including phenoxy) is 1. The molecule has 2 unspecified atom stereocenters. The fraction of sp³-hybridized carbons (Fsp3) is 0.778. The van der Waals surface area contributed by atoms with E-state index in [0.717, 1.165) is 30.4 Å². The number of hydrogen-bond donors (Lipinski definition) is 2. The van der Waals surface area contributed by atoms with Crippen molar-refractivity contribution in [1.82, 2.24) is 15.8 Å². The van der Waals surface area contributed by atoms with Crippen molar-refractivity contribution < 1.29 is 9.26 Å². The Morgan fingerprint density at radius 3 is 2.83 bits per heavy atom. The number of aliphatic imine (C=N–C) groups is 1. The van der Waals surface area contributed by atoms with Gasteiger partial charge in [-0.15, -0.1) is 0 Å². The first-order chi connectivity index (χ1) is 11.6. The molecule has 1 spiro atoms. The summed E-state index contributed by atoms with van der Waals surface area (Å²) in [6, 6.07) is 2.46. The second-order valence-corrected chi connectivity index (χ2v) is 7.26. The third-order valence-corrected chi connectivity index (χ3v) is 5.57. The van der Waals surface area contributed by atoms with Gasteiger partial charge in [-0.25, -0.2) is 0 Å². The molecule has 2 atom stereocenters. The normalized spacial score (nSPS) is 25.5. The highest BCUT2D eigenvalue weighted by Gasteiger charge is 2.59. The Bertz CT molecular complexity index is 577. The summed E-state index contributed by atoms with van der Waals surface area (Å²) in [6.07, 6.45) is 5.30. The van der Waals surface area contributed by atoms with Crippen LogP contribution in [0.25, 0.3) is 0 Å². The monoisotopic (exact) mass is 334 g/mol. The van der Waals surface area contributed by atoms with Crippen molar-refractivity contribution in [3.8, 4) is 0 Å². The summed E-state index contributed by atoms with van der Waals surface area (Å²) < 4.78 is 11.3. The van der Waals surface area contributed by atoms with Crippen LogP contribution in [-0.4, -0.2) is 36.9 Å². The molecule has 3 rings (SSSR count). The minimum atomic E-state index is 0.324. The van der Waals surface area contributed by atoms with Gasteiger partial charge < -0.3 is 19.9 Å². The number of nitrogens with one attached hydrogen (secondary N) is 2. The molecule has 2 aliphatic rings. The van der Waals surface area contributed by atoms with E-state index in [4.69, 9.17) is 9.26 Å². The van der Waals surface area contributed by atoms with E-state index in [2.05, 4.69) is 41.6 Å². The molecule has 134 valence electrons. The van der Waals surface area contributed by atoms with E-state index < -0.39 is 0 Å². The van der Waals surface area contributed by atoms with E-state index in [9.17, 15) is 0 Å². The molecule has 1 aromatic rings. The molecule has 0 saturated heterocycles. The van der Waals surface area contributed by atoms with Crippen LogP contribution in [0.2, 0.25) is 0 Å². The van der Waals surface area contributed by atoms with Gasteiger partial charge in [-0.2, -0.15) is 0 Å². The molecule has 1 heterocycles. The van der Waals surface area contributed by atoms with Crippen LogP contribution in [0.4, 0.5) is 0 Å². The second kappa shape index (κ2) is 7.13. The van der Waals surface area contributed by atoms with Gasteiger partial charge in [-0.05, 0) is 32.1 Å². The minimum Gasteiger partial charge on any atom is -0.378 e. The summed E-state index contributed by atoms with van der Waals surface area (Å²) in [5, 5.41) is 11.0. The first kappa shape index (κ1) is 17.3. The molecule has 2 saturated carbocycles. The highest BCUT2D eigenvalue weighted by atomic mass is 16.5. The lowest BCUT2D eigenvalue weighted by Gasteiger charge is -2.61. The lowest BCUT2D eigenvalue weighted by atomic mass is 9.51. The minimum absolute atomic E-state index is 0.324. The molecule has 0 amide bonds. The largest absolute Gasteiger partial charge is 0.378 e. The van der Waals surface area contributed by atoms with Gasteiger partial charge in [-0.3, -0.25) is 4.99 Å². The Kier molecular flexibility index (Phi) is 5.13. The zero-order chi connectivity index (χ0) is 17.2. The van der Waals surface area contributed by atoms with Crippen molar-refractivity contribution in [2.45, 2.75) is 71.1 Å². The molecule has 6 nitrogen and oxygen atoms in total. The molecule has 1 aromatic heterocycles. The van der Waals surface area contributed by atoms with Gasteiger partial charge in [0.25, 0.3) is 0 Å². The van der Waals surface area contributed by atoms with Crippen LogP contribution in [0.3, 0.4) is 0 Å². The third kappa shape index (κ3) is 3.16. The fourth-order valence-corrected chi connectivity index (χ4v) is 3.86. The fourth-order valence-electron chi connectivity index (χ4n) is 3.86. The van der Waals surface area contributed by atoms with E-state index in [1.807, 2.05) is 6.07 Å². The number of hydrogen-bond acceptors (Lipinski definition) is 4. The number of nitrogens with zero attached hydrogens (tertiary/aromatic N) is 2. The average molecular weight is 334 g/mol. The number of rotatable bonds is 6. The molecule has 2 fully saturated rings. The first-order valence-electron chi connectivity index (χ1n) is 9.13. The smallest absolute Gasteiger partial charge is 0.191 e. The summed E-state index contributed by atoms with van der Waals surface area (Å²) in [7, 11) is 1.81. The Balaban J connectivity index is 1.52. The van der Waals surface area contributed by atoms with Crippen molar-refractivity contribution >= 4 is 5.96 Å². The maximum absolute atomic E-state index is 5.91. The summed E-state index contributed by atoms with van der Waals surface area (Å²) in [5.41, 5.74) is 1.31. The van der Waals surface area contributed by atoms with Crippen LogP contribution in [-0.2, 0) is 11.3 Å². The van der Waals surface area contributed by atoms with Gasteiger partial charge in [0.05, 0.1) is 18.3 Å². The van der Waals surface area contributed by atoms with Crippen LogP contribution >= 0.6 is 0 Å². The molecule has 0 radical (unpaired) electrons. The summed E-state index contributed by atoms with van der Waals surface area (Å²) >= 11 is 0. The molecule has 6 heteroatoms. The number of aromatic nitrogens is 1. The summed E-state index contributed by atoms with van der Waals surface area (Å²) in [6.45, 7) is 7.69. The van der Waals surface area contributed by atoms with E-state index in [0.29, 0.717) is 30.0 Å². The van der Waals surface area contributed by atoms with Gasteiger partial charge in [-0.1, -0.05) is 25.4 Å². The highest BCUT2D eigenvalue weighted by Crippen LogP contribution is 2.57. The molecular formula is C18H30N4O2. The zero-order valence-electron chi connectivity index (χ0n) is 15.3. The average Bonchev–Trinajstić information content (AvgIpc) is 2.97. The van der Waals surface area contributed by atoms with Crippen LogP contribution in [0.1, 0.15) is 63.8 Å². The predicted octanol–water partition coefficient (Wildman–Crippen LogP) is 2.81. The topological polar surface area (TPSA) is 71.7 Å². The van der Waals surface area contributed by atoms with E-state index in [-0.39, 0.29) is 0 Å². The summed E-state index contributed by atoms with van der Waals surface area (Å²) in [5.74, 6) is 2.04. The predicted molar refractivity (Wildman–Crippen MR) is 94.0 cm³/mol. The Morgan fingerprint density at radius 1 is 1.50 bits per heavy atom. The van der Waals surface area contributed by atoms with Crippen LogP contribution < -0.4 is 10.6 Å². The van der Waals surface area contributed by atoms with Crippen molar-refractivity contribution in [1.29, 1.82) is 0 Å². The van der Waals surface area contributed by atoms with Crippen LogP contribution in [0, 0.1) is 5.41 Å². The highest BCUT2D eigenvalue weighted by molar-refractivity contribution is 5.80. The Labute approximate surface area is 144 Å².